The first-order chi connectivity index (χ1) is 13.0. The smallest absolute Gasteiger partial charge is 0.305 e. The van der Waals surface area contributed by atoms with Gasteiger partial charge in [-0.3, -0.25) is 9.59 Å². The molecule has 0 bridgehead atoms. The molecule has 0 radical (unpaired) electrons. The van der Waals surface area contributed by atoms with Crippen molar-refractivity contribution in [1.82, 2.24) is 10.3 Å². The van der Waals surface area contributed by atoms with Crippen LogP contribution >= 0.6 is 0 Å². The Balaban J connectivity index is 1.60. The lowest BCUT2D eigenvalue weighted by Crippen LogP contribution is -2.52. The molecular weight excluding hydrogens is 346 g/mol. The van der Waals surface area contributed by atoms with Gasteiger partial charge in [-0.2, -0.15) is 4.98 Å². The summed E-state index contributed by atoms with van der Waals surface area (Å²) in [6, 6.07) is 8.25. The van der Waals surface area contributed by atoms with E-state index in [1.807, 2.05) is 38.1 Å². The normalized spacial score (nSPS) is 15.9. The topological polar surface area (TPSA) is 95.7 Å². The Kier molecular flexibility index (Phi) is 5.68. The molecule has 0 spiro atoms. The molecule has 7 heteroatoms. The van der Waals surface area contributed by atoms with Gasteiger partial charge in [0.15, 0.2) is 5.58 Å². The van der Waals surface area contributed by atoms with Crippen LogP contribution in [0.25, 0.3) is 11.1 Å². The van der Waals surface area contributed by atoms with Crippen molar-refractivity contribution >= 4 is 29.0 Å². The van der Waals surface area contributed by atoms with Crippen LogP contribution in [0.15, 0.2) is 28.7 Å². The number of fused-ring (bicyclic) bond motifs is 1. The van der Waals surface area contributed by atoms with Crippen molar-refractivity contribution in [2.75, 3.05) is 18.0 Å². The molecule has 146 valence electrons. The maximum absolute atomic E-state index is 12.7. The second kappa shape index (κ2) is 7.98. The summed E-state index contributed by atoms with van der Waals surface area (Å²) in [6.07, 6.45) is 2.54. The quantitative estimate of drug-likeness (QED) is 0.774. The molecule has 1 aliphatic rings. The number of rotatable bonds is 7. The second-order valence-electron chi connectivity index (χ2n) is 7.27. The fourth-order valence-corrected chi connectivity index (χ4v) is 3.70. The Morgan fingerprint density at radius 1 is 1.26 bits per heavy atom. The molecule has 1 aliphatic heterocycles. The summed E-state index contributed by atoms with van der Waals surface area (Å²) in [4.78, 5) is 30.5. The van der Waals surface area contributed by atoms with Crippen LogP contribution in [0.4, 0.5) is 6.01 Å². The van der Waals surface area contributed by atoms with E-state index in [1.165, 1.54) is 0 Å². The number of oxazole rings is 1. The molecule has 2 heterocycles. The number of amides is 1. The highest BCUT2D eigenvalue weighted by atomic mass is 16.4. The molecule has 1 fully saturated rings. The second-order valence-corrected chi connectivity index (χ2v) is 7.27. The number of piperidine rings is 1. The van der Waals surface area contributed by atoms with Crippen molar-refractivity contribution in [3.05, 3.63) is 24.3 Å². The van der Waals surface area contributed by atoms with E-state index in [-0.39, 0.29) is 18.2 Å². The summed E-state index contributed by atoms with van der Waals surface area (Å²) in [7, 11) is 0. The number of hydrogen-bond donors (Lipinski definition) is 2. The molecule has 7 nitrogen and oxygen atoms in total. The van der Waals surface area contributed by atoms with Crippen LogP contribution in [0.2, 0.25) is 0 Å². The van der Waals surface area contributed by atoms with E-state index < -0.39 is 11.5 Å². The number of anilines is 1. The van der Waals surface area contributed by atoms with E-state index in [0.717, 1.165) is 11.1 Å². The average molecular weight is 373 g/mol. The molecule has 0 atom stereocenters. The minimum Gasteiger partial charge on any atom is -0.481 e. The largest absolute Gasteiger partial charge is 0.481 e. The summed E-state index contributed by atoms with van der Waals surface area (Å²) < 4.78 is 5.81. The van der Waals surface area contributed by atoms with Gasteiger partial charge < -0.3 is 19.7 Å². The van der Waals surface area contributed by atoms with Crippen LogP contribution < -0.4 is 10.2 Å². The number of aromatic nitrogens is 1. The number of nitrogens with one attached hydrogen (secondary N) is 1. The van der Waals surface area contributed by atoms with Crippen molar-refractivity contribution in [2.45, 2.75) is 51.5 Å². The Bertz CT molecular complexity index is 771. The first-order valence-corrected chi connectivity index (χ1v) is 9.60. The molecule has 2 aromatic rings. The molecule has 27 heavy (non-hydrogen) atoms. The van der Waals surface area contributed by atoms with Crippen LogP contribution in [0, 0.1) is 5.92 Å². The highest BCUT2D eigenvalue weighted by Gasteiger charge is 2.34. The summed E-state index contributed by atoms with van der Waals surface area (Å²) in [6.45, 7) is 5.22. The van der Waals surface area contributed by atoms with Crippen LogP contribution in [-0.2, 0) is 9.59 Å². The summed E-state index contributed by atoms with van der Waals surface area (Å²) in [5.41, 5.74) is 0.925. The predicted octanol–water partition coefficient (Wildman–Crippen LogP) is 3.19. The molecular formula is C20H27N3O4. The van der Waals surface area contributed by atoms with Crippen LogP contribution in [0.1, 0.15) is 46.0 Å². The summed E-state index contributed by atoms with van der Waals surface area (Å²) >= 11 is 0. The molecule has 2 N–H and O–H groups in total. The molecule has 0 unspecified atom stereocenters. The van der Waals surface area contributed by atoms with Crippen molar-refractivity contribution in [3.63, 3.8) is 0 Å². The van der Waals surface area contributed by atoms with E-state index in [1.54, 1.807) is 0 Å². The third-order valence-corrected chi connectivity index (χ3v) is 5.65. The van der Waals surface area contributed by atoms with E-state index in [4.69, 9.17) is 4.42 Å². The number of hydrogen-bond acceptors (Lipinski definition) is 5. The van der Waals surface area contributed by atoms with Crippen molar-refractivity contribution < 1.29 is 19.1 Å². The minimum absolute atomic E-state index is 0.0443. The molecule has 3 rings (SSSR count). The van der Waals surface area contributed by atoms with E-state index in [0.29, 0.717) is 44.8 Å². The number of carbonyl (C=O) groups excluding carboxylic acids is 1. The van der Waals surface area contributed by atoms with Gasteiger partial charge in [0.05, 0.1) is 6.42 Å². The Hall–Kier alpha value is -2.57. The number of carbonyl (C=O) groups is 2. The van der Waals surface area contributed by atoms with Crippen LogP contribution in [0.3, 0.4) is 0 Å². The van der Waals surface area contributed by atoms with E-state index in [2.05, 4.69) is 15.2 Å². The third-order valence-electron chi connectivity index (χ3n) is 5.65. The van der Waals surface area contributed by atoms with Crippen molar-refractivity contribution in [3.8, 4) is 0 Å². The lowest BCUT2D eigenvalue weighted by molar-refractivity contribution is -0.139. The van der Waals surface area contributed by atoms with Crippen molar-refractivity contribution in [1.29, 1.82) is 0 Å². The number of para-hydroxylation sites is 2. The number of carboxylic acid groups (broad SMARTS) is 1. The third kappa shape index (κ3) is 4.23. The first kappa shape index (κ1) is 19.2. The maximum Gasteiger partial charge on any atom is 0.305 e. The highest BCUT2D eigenvalue weighted by Crippen LogP contribution is 2.27. The molecule has 1 aromatic heterocycles. The summed E-state index contributed by atoms with van der Waals surface area (Å²) in [5, 5.41) is 12.2. The highest BCUT2D eigenvalue weighted by molar-refractivity contribution is 5.81. The van der Waals surface area contributed by atoms with E-state index >= 15 is 0 Å². The average Bonchev–Trinajstić information content (AvgIpc) is 3.11. The summed E-state index contributed by atoms with van der Waals surface area (Å²) in [5.74, 6) is -1.04. The minimum atomic E-state index is -0.884. The van der Waals surface area contributed by atoms with Gasteiger partial charge in [-0.05, 0) is 37.8 Å². The predicted molar refractivity (Wildman–Crippen MR) is 103 cm³/mol. The zero-order valence-electron chi connectivity index (χ0n) is 15.9. The Morgan fingerprint density at radius 3 is 2.52 bits per heavy atom. The van der Waals surface area contributed by atoms with Gasteiger partial charge in [0.25, 0.3) is 6.01 Å². The van der Waals surface area contributed by atoms with Gasteiger partial charge in [-0.15, -0.1) is 0 Å². The van der Waals surface area contributed by atoms with E-state index in [9.17, 15) is 14.7 Å². The van der Waals surface area contributed by atoms with Gasteiger partial charge in [-0.25, -0.2) is 0 Å². The first-order valence-electron chi connectivity index (χ1n) is 9.60. The van der Waals surface area contributed by atoms with Crippen LogP contribution in [-0.4, -0.2) is 40.6 Å². The number of benzene rings is 1. The standard InChI is InChI=1S/C20H27N3O4/c1-3-20(4-2,13-17(24)25)22-18(26)14-9-11-23(12-10-14)19-21-15-7-5-6-8-16(15)27-19/h5-8,14H,3-4,9-13H2,1-2H3,(H,22,26)(H,24,25). The van der Waals surface area contributed by atoms with Gasteiger partial charge in [0.1, 0.15) is 5.52 Å². The lowest BCUT2D eigenvalue weighted by Gasteiger charge is -2.35. The zero-order chi connectivity index (χ0) is 19.4. The SMILES string of the molecule is CCC(CC)(CC(=O)O)NC(=O)C1CCN(c2nc3ccccc3o2)CC1. The number of aliphatic carboxylic acids is 1. The number of nitrogens with zero attached hydrogens (tertiary/aromatic N) is 2. The van der Waals surface area contributed by atoms with Gasteiger partial charge >= 0.3 is 5.97 Å². The van der Waals surface area contributed by atoms with Gasteiger partial charge in [-0.1, -0.05) is 26.0 Å². The van der Waals surface area contributed by atoms with Crippen molar-refractivity contribution in [2.24, 2.45) is 5.92 Å². The fraction of sp³-hybridized carbons (Fsp3) is 0.550. The van der Waals surface area contributed by atoms with Gasteiger partial charge in [0.2, 0.25) is 5.91 Å². The molecule has 0 aliphatic carbocycles. The molecule has 0 saturated carbocycles. The number of carboxylic acids is 1. The maximum atomic E-state index is 12.7. The Morgan fingerprint density at radius 2 is 1.93 bits per heavy atom. The Labute approximate surface area is 158 Å². The molecule has 1 amide bonds. The van der Waals surface area contributed by atoms with Crippen LogP contribution in [0.5, 0.6) is 0 Å². The fourth-order valence-electron chi connectivity index (χ4n) is 3.70. The molecule has 1 aromatic carbocycles. The lowest BCUT2D eigenvalue weighted by atomic mass is 9.87. The van der Waals surface area contributed by atoms with Gasteiger partial charge in [0, 0.05) is 24.5 Å². The zero-order valence-corrected chi connectivity index (χ0v) is 15.9. The molecule has 1 saturated heterocycles. The monoisotopic (exact) mass is 373 g/mol.